The monoisotopic (exact) mass is 716 g/mol. The van der Waals surface area contributed by atoms with Crippen LogP contribution >= 0.6 is 0 Å². The number of aliphatic hydroxyl groups is 7. The fraction of sp³-hybridized carbons (Fsp3) is 0.872. The van der Waals surface area contributed by atoms with E-state index in [2.05, 4.69) is 31.3 Å². The Balaban J connectivity index is 2.62. The zero-order valence-corrected chi connectivity index (χ0v) is 31.1. The lowest BCUT2D eigenvalue weighted by Crippen LogP contribution is -2.60. The normalized spacial score (nSPS) is 23.7. The van der Waals surface area contributed by atoms with Crippen molar-refractivity contribution in [3.05, 3.63) is 24.3 Å². The molecule has 0 spiro atoms. The number of hydrogen-bond donors (Lipinski definition) is 8. The molecule has 1 saturated heterocycles. The van der Waals surface area contributed by atoms with Crippen LogP contribution in [0.4, 0.5) is 0 Å². The molecule has 1 aliphatic rings. The molecule has 0 aromatic heterocycles. The van der Waals surface area contributed by atoms with Gasteiger partial charge in [0.2, 0.25) is 5.91 Å². The lowest BCUT2D eigenvalue weighted by Gasteiger charge is -2.40. The Kier molecular flexibility index (Phi) is 28.1. The van der Waals surface area contributed by atoms with Crippen molar-refractivity contribution in [2.75, 3.05) is 13.2 Å². The van der Waals surface area contributed by atoms with Crippen molar-refractivity contribution in [2.45, 2.75) is 204 Å². The molecule has 11 nitrogen and oxygen atoms in total. The summed E-state index contributed by atoms with van der Waals surface area (Å²) in [6.45, 7) is 3.34. The highest BCUT2D eigenvalue weighted by molar-refractivity contribution is 5.81. The third-order valence-corrected chi connectivity index (χ3v) is 9.52. The van der Waals surface area contributed by atoms with Gasteiger partial charge in [0, 0.05) is 6.42 Å². The van der Waals surface area contributed by atoms with Gasteiger partial charge in [-0.2, -0.15) is 0 Å². The molecule has 11 heteroatoms. The van der Waals surface area contributed by atoms with E-state index in [4.69, 9.17) is 9.47 Å². The molecule has 0 bridgehead atoms. The van der Waals surface area contributed by atoms with E-state index in [0.29, 0.717) is 19.3 Å². The molecule has 1 aliphatic heterocycles. The van der Waals surface area contributed by atoms with Crippen molar-refractivity contribution in [3.8, 4) is 0 Å². The highest BCUT2D eigenvalue weighted by Gasteiger charge is 2.44. The lowest BCUT2D eigenvalue weighted by atomic mass is 9.98. The fourth-order valence-electron chi connectivity index (χ4n) is 6.13. The first kappa shape index (κ1) is 46.6. The van der Waals surface area contributed by atoms with Gasteiger partial charge < -0.3 is 50.5 Å². The van der Waals surface area contributed by atoms with Crippen LogP contribution in [0.3, 0.4) is 0 Å². The molecule has 9 unspecified atom stereocenters. The van der Waals surface area contributed by atoms with Crippen LogP contribution in [0.1, 0.15) is 149 Å². The van der Waals surface area contributed by atoms with Crippen molar-refractivity contribution in [3.63, 3.8) is 0 Å². The van der Waals surface area contributed by atoms with Gasteiger partial charge in [-0.3, -0.25) is 4.79 Å². The van der Waals surface area contributed by atoms with Crippen LogP contribution < -0.4 is 5.32 Å². The molecular formula is C39H73NO10. The number of amides is 1. The molecule has 1 rings (SSSR count). The second-order valence-corrected chi connectivity index (χ2v) is 14.0. The molecule has 0 radical (unpaired) electrons. The van der Waals surface area contributed by atoms with Gasteiger partial charge in [0.1, 0.15) is 36.6 Å². The summed E-state index contributed by atoms with van der Waals surface area (Å²) in [5, 5.41) is 75.0. The summed E-state index contributed by atoms with van der Waals surface area (Å²) in [5.41, 5.74) is 0. The van der Waals surface area contributed by atoms with E-state index in [-0.39, 0.29) is 6.42 Å². The minimum atomic E-state index is -1.67. The number of ether oxygens (including phenoxy) is 2. The molecule has 0 aliphatic carbocycles. The standard InChI is InChI=1S/C39H73NO10/c1-3-5-7-9-11-13-15-17-19-21-23-25-27-32(43)38(48)40-30(29-49-39-37(47)36(46)35(45)33(28-41)50-39)34(44)31(42)26-24-22-20-18-16-14-12-10-8-6-4-2/h17,19,23,25,30-37,39,41-47H,3-16,18,20-22,24,26-29H2,1-2H3,(H,40,48)/b19-17-,25-23-. The highest BCUT2D eigenvalue weighted by atomic mass is 16.7. The van der Waals surface area contributed by atoms with Crippen molar-refractivity contribution in [1.29, 1.82) is 0 Å². The third-order valence-electron chi connectivity index (χ3n) is 9.52. The molecule has 0 saturated carbocycles. The van der Waals surface area contributed by atoms with Gasteiger partial charge in [-0.25, -0.2) is 0 Å². The molecule has 9 atom stereocenters. The van der Waals surface area contributed by atoms with E-state index in [1.807, 2.05) is 6.08 Å². The SMILES string of the molecule is CCCCCCCC/C=C\C/C=C\CC(O)C(=O)NC(COC1OC(CO)C(O)C(O)C1O)C(O)C(O)CCCCCCCCCCCCC. The summed E-state index contributed by atoms with van der Waals surface area (Å²) >= 11 is 0. The fourth-order valence-corrected chi connectivity index (χ4v) is 6.13. The van der Waals surface area contributed by atoms with Crippen LogP contribution in [0.2, 0.25) is 0 Å². The molecule has 8 N–H and O–H groups in total. The third kappa shape index (κ3) is 20.6. The van der Waals surface area contributed by atoms with Gasteiger partial charge in [-0.15, -0.1) is 0 Å². The summed E-state index contributed by atoms with van der Waals surface area (Å²) in [4.78, 5) is 12.9. The number of nitrogens with one attached hydrogen (secondary N) is 1. The van der Waals surface area contributed by atoms with Crippen molar-refractivity contribution < 1.29 is 50.0 Å². The maximum absolute atomic E-state index is 12.9. The number of carbonyl (C=O) groups excluding carboxylic acids is 1. The average molecular weight is 716 g/mol. The topological polar surface area (TPSA) is 189 Å². The zero-order chi connectivity index (χ0) is 37.0. The van der Waals surface area contributed by atoms with E-state index in [1.165, 1.54) is 83.5 Å². The lowest BCUT2D eigenvalue weighted by molar-refractivity contribution is -0.303. The van der Waals surface area contributed by atoms with Gasteiger partial charge in [0.05, 0.1) is 25.4 Å². The van der Waals surface area contributed by atoms with E-state index >= 15 is 0 Å². The molecule has 0 aromatic carbocycles. The Labute approximate surface area is 302 Å². The first-order valence-corrected chi connectivity index (χ1v) is 19.7. The smallest absolute Gasteiger partial charge is 0.249 e. The maximum Gasteiger partial charge on any atom is 0.249 e. The van der Waals surface area contributed by atoms with Gasteiger partial charge in [0.25, 0.3) is 0 Å². The highest BCUT2D eigenvalue weighted by Crippen LogP contribution is 2.23. The summed E-state index contributed by atoms with van der Waals surface area (Å²) in [7, 11) is 0. The molecule has 50 heavy (non-hydrogen) atoms. The van der Waals surface area contributed by atoms with Crippen LogP contribution in [-0.4, -0.2) is 110 Å². The average Bonchev–Trinajstić information content (AvgIpc) is 3.11. The number of unbranched alkanes of at least 4 members (excludes halogenated alkanes) is 16. The van der Waals surface area contributed by atoms with Crippen LogP contribution in [-0.2, 0) is 14.3 Å². The first-order valence-electron chi connectivity index (χ1n) is 19.7. The van der Waals surface area contributed by atoms with Gasteiger partial charge in [0.15, 0.2) is 6.29 Å². The van der Waals surface area contributed by atoms with Gasteiger partial charge >= 0.3 is 0 Å². The van der Waals surface area contributed by atoms with Gasteiger partial charge in [-0.1, -0.05) is 141 Å². The first-order chi connectivity index (χ1) is 24.2. The minimum absolute atomic E-state index is 0.0504. The molecule has 1 amide bonds. The Morgan fingerprint density at radius 2 is 1.26 bits per heavy atom. The predicted octanol–water partition coefficient (Wildman–Crippen LogP) is 4.71. The van der Waals surface area contributed by atoms with Crippen LogP contribution in [0.15, 0.2) is 24.3 Å². The largest absolute Gasteiger partial charge is 0.394 e. The number of carbonyl (C=O) groups is 1. The Bertz CT molecular complexity index is 872. The predicted molar refractivity (Wildman–Crippen MR) is 196 cm³/mol. The van der Waals surface area contributed by atoms with E-state index in [1.54, 1.807) is 6.08 Å². The van der Waals surface area contributed by atoms with Gasteiger partial charge in [-0.05, 0) is 25.7 Å². The molecular weight excluding hydrogens is 642 g/mol. The summed E-state index contributed by atoms with van der Waals surface area (Å²) in [6.07, 6.45) is 18.3. The van der Waals surface area contributed by atoms with Crippen LogP contribution in [0, 0.1) is 0 Å². The van der Waals surface area contributed by atoms with Crippen LogP contribution in [0.5, 0.6) is 0 Å². The maximum atomic E-state index is 12.9. The Hall–Kier alpha value is -1.41. The Morgan fingerprint density at radius 1 is 0.720 bits per heavy atom. The van der Waals surface area contributed by atoms with Crippen LogP contribution in [0.25, 0.3) is 0 Å². The number of rotatable bonds is 31. The van der Waals surface area contributed by atoms with E-state index in [0.717, 1.165) is 25.7 Å². The number of aliphatic hydroxyl groups excluding tert-OH is 7. The molecule has 1 fully saturated rings. The van der Waals surface area contributed by atoms with E-state index in [9.17, 15) is 40.5 Å². The quantitative estimate of drug-likeness (QED) is 0.0369. The summed E-state index contributed by atoms with van der Waals surface area (Å²) in [6, 6.07) is -1.19. The summed E-state index contributed by atoms with van der Waals surface area (Å²) < 4.78 is 11.0. The van der Waals surface area contributed by atoms with Crippen molar-refractivity contribution >= 4 is 5.91 Å². The van der Waals surface area contributed by atoms with Crippen molar-refractivity contribution in [2.24, 2.45) is 0 Å². The number of hydrogen-bond acceptors (Lipinski definition) is 10. The summed E-state index contributed by atoms with van der Waals surface area (Å²) in [5.74, 6) is -0.767. The second-order valence-electron chi connectivity index (χ2n) is 14.0. The molecule has 1 heterocycles. The van der Waals surface area contributed by atoms with Crippen molar-refractivity contribution in [1.82, 2.24) is 5.32 Å². The molecule has 294 valence electrons. The minimum Gasteiger partial charge on any atom is -0.394 e. The molecule has 0 aromatic rings. The Morgan fingerprint density at radius 3 is 1.84 bits per heavy atom. The number of allylic oxidation sites excluding steroid dienone is 3. The second kappa shape index (κ2) is 30.1. The van der Waals surface area contributed by atoms with E-state index < -0.39 is 74.2 Å². The zero-order valence-electron chi connectivity index (χ0n) is 31.1.